The van der Waals surface area contributed by atoms with Gasteiger partial charge in [-0.1, -0.05) is 17.7 Å². The van der Waals surface area contributed by atoms with Gasteiger partial charge in [-0.05, 0) is 47.7 Å². The lowest BCUT2D eigenvalue weighted by atomic mass is 10.2. The molecule has 1 aliphatic rings. The Bertz CT molecular complexity index is 793. The van der Waals surface area contributed by atoms with Crippen LogP contribution < -0.4 is 5.32 Å². The fourth-order valence-corrected chi connectivity index (χ4v) is 2.78. The second kappa shape index (κ2) is 6.29. The number of aromatic nitrogens is 1. The molecular weight excluding hydrogens is 325 g/mol. The molecule has 2 aromatic rings. The summed E-state index contributed by atoms with van der Waals surface area (Å²) in [6.45, 7) is 0. The summed E-state index contributed by atoms with van der Waals surface area (Å²) >= 11 is 6.91. The number of amides is 1. The van der Waals surface area contributed by atoms with Gasteiger partial charge < -0.3 is 5.32 Å². The number of hydrogen-bond acceptors (Lipinski definition) is 4. The number of carbonyl (C=O) groups excluding carboxylic acids is 1. The van der Waals surface area contributed by atoms with E-state index in [9.17, 15) is 9.18 Å². The molecule has 0 atom stereocenters. The van der Waals surface area contributed by atoms with Gasteiger partial charge in [0.25, 0.3) is 5.91 Å². The molecule has 0 unspecified atom stereocenters. The molecule has 3 rings (SSSR count). The van der Waals surface area contributed by atoms with E-state index >= 15 is 0 Å². The molecule has 4 nitrogen and oxygen atoms in total. The van der Waals surface area contributed by atoms with Crippen LogP contribution in [0, 0.1) is 5.82 Å². The van der Waals surface area contributed by atoms with Gasteiger partial charge in [0.15, 0.2) is 5.17 Å². The third-order valence-corrected chi connectivity index (χ3v) is 3.97. The summed E-state index contributed by atoms with van der Waals surface area (Å²) < 4.78 is 13.1. The summed E-state index contributed by atoms with van der Waals surface area (Å²) in [6.07, 6.45) is 5.05. The monoisotopic (exact) mass is 333 g/mol. The van der Waals surface area contributed by atoms with Crippen LogP contribution >= 0.6 is 23.4 Å². The molecule has 1 fully saturated rings. The van der Waals surface area contributed by atoms with E-state index in [2.05, 4.69) is 15.3 Å². The van der Waals surface area contributed by atoms with Crippen molar-refractivity contribution in [3.8, 4) is 0 Å². The topological polar surface area (TPSA) is 54.4 Å². The highest BCUT2D eigenvalue weighted by molar-refractivity contribution is 8.18. The van der Waals surface area contributed by atoms with E-state index in [0.717, 1.165) is 5.56 Å². The third kappa shape index (κ3) is 3.35. The normalized spacial score (nSPS) is 18.0. The average molecular weight is 334 g/mol. The predicted octanol–water partition coefficient (Wildman–Crippen LogP) is 3.77. The first-order valence-electron chi connectivity index (χ1n) is 6.26. The van der Waals surface area contributed by atoms with Crippen molar-refractivity contribution in [2.75, 3.05) is 0 Å². The Balaban J connectivity index is 1.83. The van der Waals surface area contributed by atoms with E-state index in [-0.39, 0.29) is 10.9 Å². The number of amidine groups is 1. The van der Waals surface area contributed by atoms with E-state index in [1.165, 1.54) is 30.0 Å². The van der Waals surface area contributed by atoms with Gasteiger partial charge in [0.05, 0.1) is 15.6 Å². The molecule has 0 saturated carbocycles. The highest BCUT2D eigenvalue weighted by Gasteiger charge is 2.23. The van der Waals surface area contributed by atoms with Gasteiger partial charge in [0, 0.05) is 12.4 Å². The standard InChI is InChI=1S/C15H9ClFN3OS/c16-11-7-10(3-4-12(11)17)19-15-20-14(21)13(22-15)6-9-2-1-5-18-8-9/h1-8H,(H,19,20,21)/b13-6-. The van der Waals surface area contributed by atoms with Crippen LogP contribution in [0.2, 0.25) is 5.02 Å². The lowest BCUT2D eigenvalue weighted by Crippen LogP contribution is -2.19. The molecule has 0 aliphatic carbocycles. The summed E-state index contributed by atoms with van der Waals surface area (Å²) in [5, 5.41) is 3.06. The molecule has 0 bridgehead atoms. The molecule has 7 heteroatoms. The Hall–Kier alpha value is -2.18. The highest BCUT2D eigenvalue weighted by atomic mass is 35.5. The van der Waals surface area contributed by atoms with E-state index in [1.807, 2.05) is 6.07 Å². The van der Waals surface area contributed by atoms with Crippen molar-refractivity contribution >= 4 is 46.2 Å². The van der Waals surface area contributed by atoms with Crippen molar-refractivity contribution in [3.05, 3.63) is 64.0 Å². The molecule has 1 saturated heterocycles. The van der Waals surface area contributed by atoms with Gasteiger partial charge in [0.1, 0.15) is 5.82 Å². The summed E-state index contributed by atoms with van der Waals surface area (Å²) in [5.41, 5.74) is 1.29. The maximum atomic E-state index is 13.1. The van der Waals surface area contributed by atoms with Crippen molar-refractivity contribution in [1.29, 1.82) is 0 Å². The van der Waals surface area contributed by atoms with Crippen LogP contribution in [0.1, 0.15) is 5.56 Å². The molecule has 0 spiro atoms. The second-order valence-corrected chi connectivity index (χ2v) is 5.80. The summed E-state index contributed by atoms with van der Waals surface area (Å²) in [4.78, 5) is 20.7. The Labute approximate surface area is 135 Å². The number of rotatable bonds is 2. The summed E-state index contributed by atoms with van der Waals surface area (Å²) in [6, 6.07) is 7.76. The Morgan fingerprint density at radius 3 is 2.95 bits per heavy atom. The van der Waals surface area contributed by atoms with E-state index < -0.39 is 5.82 Å². The number of halogens is 2. The molecule has 110 valence electrons. The number of nitrogens with zero attached hydrogens (tertiary/aromatic N) is 2. The molecule has 0 radical (unpaired) electrons. The number of pyridine rings is 1. The van der Waals surface area contributed by atoms with Gasteiger partial charge in [-0.25, -0.2) is 9.38 Å². The van der Waals surface area contributed by atoms with Crippen LogP contribution in [-0.2, 0) is 4.79 Å². The SMILES string of the molecule is O=C1NC(=Nc2ccc(F)c(Cl)c2)S/C1=C\c1cccnc1. The van der Waals surface area contributed by atoms with Gasteiger partial charge >= 0.3 is 0 Å². The number of aliphatic imine (C=N–C) groups is 1. The smallest absolute Gasteiger partial charge is 0.264 e. The van der Waals surface area contributed by atoms with Gasteiger partial charge in [-0.15, -0.1) is 0 Å². The summed E-state index contributed by atoms with van der Waals surface area (Å²) in [5.74, 6) is -0.744. The minimum Gasteiger partial charge on any atom is -0.300 e. The van der Waals surface area contributed by atoms with Crippen molar-refractivity contribution in [3.63, 3.8) is 0 Å². The van der Waals surface area contributed by atoms with Crippen molar-refractivity contribution in [2.45, 2.75) is 0 Å². The van der Waals surface area contributed by atoms with Crippen LogP contribution in [0.5, 0.6) is 0 Å². The minimum absolute atomic E-state index is 0.0118. The molecule has 2 heterocycles. The molecule has 1 amide bonds. The van der Waals surface area contributed by atoms with Crippen LogP contribution in [0.25, 0.3) is 6.08 Å². The maximum Gasteiger partial charge on any atom is 0.264 e. The van der Waals surface area contributed by atoms with Crippen LogP contribution in [0.15, 0.2) is 52.6 Å². The number of benzene rings is 1. The molecule has 1 aromatic heterocycles. The summed E-state index contributed by atoms with van der Waals surface area (Å²) in [7, 11) is 0. The molecular formula is C15H9ClFN3OS. The first kappa shape index (κ1) is 14.7. The average Bonchev–Trinajstić information content (AvgIpc) is 2.84. The van der Waals surface area contributed by atoms with Crippen LogP contribution in [-0.4, -0.2) is 16.1 Å². The lowest BCUT2D eigenvalue weighted by Gasteiger charge is -1.98. The first-order chi connectivity index (χ1) is 10.6. The molecule has 1 aromatic carbocycles. The zero-order valence-electron chi connectivity index (χ0n) is 11.1. The van der Waals surface area contributed by atoms with Crippen molar-refractivity contribution in [1.82, 2.24) is 10.3 Å². The minimum atomic E-state index is -0.508. The Morgan fingerprint density at radius 2 is 2.23 bits per heavy atom. The Kier molecular flexibility index (Phi) is 4.22. The fourth-order valence-electron chi connectivity index (χ4n) is 1.77. The largest absolute Gasteiger partial charge is 0.300 e. The van der Waals surface area contributed by atoms with Crippen LogP contribution in [0.4, 0.5) is 10.1 Å². The third-order valence-electron chi connectivity index (χ3n) is 2.77. The van der Waals surface area contributed by atoms with E-state index in [1.54, 1.807) is 24.5 Å². The zero-order valence-corrected chi connectivity index (χ0v) is 12.7. The van der Waals surface area contributed by atoms with Gasteiger partial charge in [-0.3, -0.25) is 9.78 Å². The molecule has 1 aliphatic heterocycles. The van der Waals surface area contributed by atoms with E-state index in [4.69, 9.17) is 11.6 Å². The lowest BCUT2D eigenvalue weighted by molar-refractivity contribution is -0.115. The van der Waals surface area contributed by atoms with Gasteiger partial charge in [0.2, 0.25) is 0 Å². The number of hydrogen-bond donors (Lipinski definition) is 1. The quantitative estimate of drug-likeness (QED) is 0.851. The van der Waals surface area contributed by atoms with Crippen LogP contribution in [0.3, 0.4) is 0 Å². The predicted molar refractivity (Wildman–Crippen MR) is 86.5 cm³/mol. The highest BCUT2D eigenvalue weighted by Crippen LogP contribution is 2.29. The molecule has 1 N–H and O–H groups in total. The second-order valence-electron chi connectivity index (χ2n) is 4.37. The first-order valence-corrected chi connectivity index (χ1v) is 7.46. The Morgan fingerprint density at radius 1 is 1.36 bits per heavy atom. The number of thioether (sulfide) groups is 1. The fraction of sp³-hybridized carbons (Fsp3) is 0. The number of carbonyl (C=O) groups is 1. The van der Waals surface area contributed by atoms with Gasteiger partial charge in [-0.2, -0.15) is 0 Å². The zero-order chi connectivity index (χ0) is 15.5. The number of nitrogens with one attached hydrogen (secondary N) is 1. The maximum absolute atomic E-state index is 13.1. The van der Waals surface area contributed by atoms with E-state index in [0.29, 0.717) is 15.8 Å². The van der Waals surface area contributed by atoms with Crippen molar-refractivity contribution < 1.29 is 9.18 Å². The molecule has 22 heavy (non-hydrogen) atoms. The van der Waals surface area contributed by atoms with Crippen molar-refractivity contribution in [2.24, 2.45) is 4.99 Å².